The Balaban J connectivity index is 5.44. The molecule has 0 unspecified atom stereocenters. The summed E-state index contributed by atoms with van der Waals surface area (Å²) < 4.78 is 0. The first-order chi connectivity index (χ1) is 16.7. The van der Waals surface area contributed by atoms with Crippen molar-refractivity contribution in [3.63, 3.8) is 0 Å². The van der Waals surface area contributed by atoms with E-state index in [9.17, 15) is 28.8 Å². The summed E-state index contributed by atoms with van der Waals surface area (Å²) in [5.74, 6) is -4.42. The number of amides is 5. The topological polar surface area (TPSA) is 247 Å². The highest BCUT2D eigenvalue weighted by Crippen LogP contribution is 2.07. The molecule has 0 aromatic carbocycles. The number of nitrogens with one attached hydrogen (secondary N) is 5. The lowest BCUT2D eigenvalue weighted by Gasteiger charge is -2.25. The summed E-state index contributed by atoms with van der Waals surface area (Å²) >= 11 is 0. The number of nitrogens with two attached hydrogens (primary N) is 2. The fraction of sp³-hybridized carbons (Fsp3) is 0.667. The fourth-order valence-corrected chi connectivity index (χ4v) is 2.89. The Morgan fingerprint density at radius 1 is 0.833 bits per heavy atom. The third-order valence-electron chi connectivity index (χ3n) is 4.60. The third kappa shape index (κ3) is 15.1. The molecule has 0 bridgehead atoms. The van der Waals surface area contributed by atoms with Gasteiger partial charge in [0, 0.05) is 13.5 Å². The number of aliphatic carboxylic acids is 1. The van der Waals surface area contributed by atoms with Gasteiger partial charge in [0.05, 0.1) is 6.54 Å². The molecule has 0 aromatic rings. The molecule has 0 saturated heterocycles. The average molecular weight is 515 g/mol. The van der Waals surface area contributed by atoms with E-state index >= 15 is 0 Å². The van der Waals surface area contributed by atoms with Gasteiger partial charge in [-0.25, -0.2) is 0 Å². The van der Waals surface area contributed by atoms with Gasteiger partial charge < -0.3 is 43.2 Å². The van der Waals surface area contributed by atoms with E-state index in [0.717, 1.165) is 0 Å². The summed E-state index contributed by atoms with van der Waals surface area (Å²) in [6, 6.07) is -3.18. The van der Waals surface area contributed by atoms with Crippen molar-refractivity contribution in [3.8, 4) is 0 Å². The quantitative estimate of drug-likeness (QED) is 0.0589. The van der Waals surface area contributed by atoms with Crippen molar-refractivity contribution in [2.45, 2.75) is 65.1 Å². The first kappa shape index (κ1) is 32.1. The summed E-state index contributed by atoms with van der Waals surface area (Å²) in [5.41, 5.74) is 10.6. The van der Waals surface area contributed by atoms with Crippen LogP contribution in [0, 0.1) is 5.92 Å². The molecule has 0 spiro atoms. The molecule has 0 aromatic heterocycles. The number of carbonyl (C=O) groups excluding carboxylic acids is 5. The van der Waals surface area contributed by atoms with Gasteiger partial charge in [0.15, 0.2) is 5.96 Å². The van der Waals surface area contributed by atoms with E-state index in [1.807, 2.05) is 13.8 Å². The minimum Gasteiger partial charge on any atom is -0.480 e. The SMILES string of the molecule is CC(=O)NCC(=O)N[C@@H](CC(C)C)C(=O)N[C@@H](CCCN=C(N)N)C(=O)N[C@@H](C)C(=O)NCC(=O)O. The Morgan fingerprint density at radius 3 is 1.97 bits per heavy atom. The van der Waals surface area contributed by atoms with E-state index in [1.54, 1.807) is 0 Å². The summed E-state index contributed by atoms with van der Waals surface area (Å²) in [7, 11) is 0. The molecule has 204 valence electrons. The number of hydrogen-bond acceptors (Lipinski definition) is 7. The van der Waals surface area contributed by atoms with Crippen LogP contribution in [0.15, 0.2) is 4.99 Å². The average Bonchev–Trinajstić information content (AvgIpc) is 2.76. The van der Waals surface area contributed by atoms with Crippen LogP contribution in [-0.4, -0.2) is 84.3 Å². The lowest BCUT2D eigenvalue weighted by atomic mass is 10.0. The summed E-state index contributed by atoms with van der Waals surface area (Å²) in [5, 5.41) is 20.7. The van der Waals surface area contributed by atoms with E-state index in [4.69, 9.17) is 16.6 Å². The van der Waals surface area contributed by atoms with Crippen LogP contribution in [0.1, 0.15) is 47.0 Å². The lowest BCUT2D eigenvalue weighted by Crippen LogP contribution is -2.57. The molecule has 36 heavy (non-hydrogen) atoms. The molecule has 15 nitrogen and oxygen atoms in total. The van der Waals surface area contributed by atoms with Gasteiger partial charge in [-0.2, -0.15) is 0 Å². The van der Waals surface area contributed by atoms with E-state index in [1.165, 1.54) is 13.8 Å². The van der Waals surface area contributed by atoms with Gasteiger partial charge in [-0.1, -0.05) is 13.8 Å². The number of rotatable bonds is 16. The van der Waals surface area contributed by atoms with Crippen molar-refractivity contribution in [2.75, 3.05) is 19.6 Å². The van der Waals surface area contributed by atoms with Gasteiger partial charge >= 0.3 is 5.97 Å². The van der Waals surface area contributed by atoms with E-state index < -0.39 is 60.2 Å². The van der Waals surface area contributed by atoms with Crippen molar-refractivity contribution in [1.82, 2.24) is 26.6 Å². The van der Waals surface area contributed by atoms with Crippen LogP contribution in [0.25, 0.3) is 0 Å². The van der Waals surface area contributed by atoms with Crippen molar-refractivity contribution < 1.29 is 33.9 Å². The molecule has 0 fully saturated rings. The monoisotopic (exact) mass is 514 g/mol. The lowest BCUT2D eigenvalue weighted by molar-refractivity contribution is -0.138. The normalized spacial score (nSPS) is 12.9. The minimum absolute atomic E-state index is 0.00825. The minimum atomic E-state index is -1.25. The Bertz CT molecular complexity index is 827. The number of guanidine groups is 1. The second-order valence-electron chi connectivity index (χ2n) is 8.51. The van der Waals surface area contributed by atoms with Crippen molar-refractivity contribution in [3.05, 3.63) is 0 Å². The molecule has 3 atom stereocenters. The maximum absolute atomic E-state index is 13.0. The molecule has 0 rings (SSSR count). The molecule has 0 aliphatic carbocycles. The van der Waals surface area contributed by atoms with Gasteiger partial charge in [-0.05, 0) is 32.1 Å². The first-order valence-electron chi connectivity index (χ1n) is 11.4. The number of carboxylic acids is 1. The molecule has 0 radical (unpaired) electrons. The van der Waals surface area contributed by atoms with Gasteiger partial charge in [0.1, 0.15) is 24.7 Å². The largest absolute Gasteiger partial charge is 0.480 e. The van der Waals surface area contributed by atoms with Gasteiger partial charge in [-0.15, -0.1) is 0 Å². The molecule has 0 heterocycles. The van der Waals surface area contributed by atoms with E-state index in [2.05, 4.69) is 31.6 Å². The number of aliphatic imine (C=N–C) groups is 1. The number of carboxylic acid groups (broad SMARTS) is 1. The Morgan fingerprint density at radius 2 is 1.44 bits per heavy atom. The van der Waals surface area contributed by atoms with E-state index in [0.29, 0.717) is 6.42 Å². The number of carbonyl (C=O) groups is 6. The summed E-state index contributed by atoms with van der Waals surface area (Å²) in [4.78, 5) is 75.6. The summed E-state index contributed by atoms with van der Waals surface area (Å²) in [6.45, 7) is 5.54. The first-order valence-corrected chi connectivity index (χ1v) is 11.4. The molecule has 5 amide bonds. The van der Waals surface area contributed by atoms with Gasteiger partial charge in [-0.3, -0.25) is 33.8 Å². The van der Waals surface area contributed by atoms with Crippen LogP contribution in [0.4, 0.5) is 0 Å². The van der Waals surface area contributed by atoms with Crippen LogP contribution in [0.2, 0.25) is 0 Å². The van der Waals surface area contributed by atoms with Crippen LogP contribution in [0.5, 0.6) is 0 Å². The maximum atomic E-state index is 13.0. The van der Waals surface area contributed by atoms with Crippen LogP contribution in [0.3, 0.4) is 0 Å². The zero-order valence-corrected chi connectivity index (χ0v) is 21.1. The predicted octanol–water partition coefficient (Wildman–Crippen LogP) is -3.10. The fourth-order valence-electron chi connectivity index (χ4n) is 2.89. The Labute approximate surface area is 209 Å². The van der Waals surface area contributed by atoms with Gasteiger partial charge in [0.25, 0.3) is 0 Å². The van der Waals surface area contributed by atoms with Crippen molar-refractivity contribution in [2.24, 2.45) is 22.4 Å². The second-order valence-corrected chi connectivity index (χ2v) is 8.51. The third-order valence-corrected chi connectivity index (χ3v) is 4.60. The molecule has 10 N–H and O–H groups in total. The summed E-state index contributed by atoms with van der Waals surface area (Å²) in [6.07, 6.45) is 0.666. The van der Waals surface area contributed by atoms with E-state index in [-0.39, 0.29) is 37.8 Å². The highest BCUT2D eigenvalue weighted by Gasteiger charge is 2.28. The molecular formula is C21H38N8O7. The second kappa shape index (κ2) is 16.7. The molecule has 0 aliphatic heterocycles. The maximum Gasteiger partial charge on any atom is 0.322 e. The molecule has 0 saturated carbocycles. The Hall–Kier alpha value is -3.91. The van der Waals surface area contributed by atoms with Crippen molar-refractivity contribution in [1.29, 1.82) is 0 Å². The predicted molar refractivity (Wildman–Crippen MR) is 130 cm³/mol. The molecular weight excluding hydrogens is 476 g/mol. The highest BCUT2D eigenvalue weighted by molar-refractivity contribution is 5.95. The van der Waals surface area contributed by atoms with Crippen molar-refractivity contribution >= 4 is 41.5 Å². The van der Waals surface area contributed by atoms with Gasteiger partial charge in [0.2, 0.25) is 29.5 Å². The highest BCUT2D eigenvalue weighted by atomic mass is 16.4. The molecule has 15 heteroatoms. The van der Waals surface area contributed by atoms with Crippen LogP contribution < -0.4 is 38.1 Å². The smallest absolute Gasteiger partial charge is 0.322 e. The zero-order valence-electron chi connectivity index (χ0n) is 21.1. The zero-order chi connectivity index (χ0) is 27.8. The Kier molecular flexibility index (Phi) is 14.9. The number of nitrogens with zero attached hydrogens (tertiary/aromatic N) is 1. The molecule has 0 aliphatic rings. The standard InChI is InChI=1S/C21H38N8O7/c1-11(2)8-15(28-16(31)9-25-13(4)30)20(36)29-14(6-5-7-24-21(22)23)19(35)27-12(3)18(34)26-10-17(32)33/h11-12,14-15H,5-10H2,1-4H3,(H,25,30)(H,26,34)(H,27,35)(H,28,31)(H,29,36)(H,32,33)(H4,22,23,24)/t12-,14-,15-/m0/s1. The number of hydrogen-bond donors (Lipinski definition) is 8. The van der Waals surface area contributed by atoms with Crippen LogP contribution in [-0.2, 0) is 28.8 Å². The van der Waals surface area contributed by atoms with Crippen LogP contribution >= 0.6 is 0 Å².